The molecule has 29 heavy (non-hydrogen) atoms. The first kappa shape index (κ1) is 25.9. The zero-order valence-electron chi connectivity index (χ0n) is 19.6. The van der Waals surface area contributed by atoms with E-state index in [4.69, 9.17) is 5.84 Å². The first-order valence-corrected chi connectivity index (χ1v) is 11.7. The summed E-state index contributed by atoms with van der Waals surface area (Å²) in [5.41, 5.74) is 0.107. The van der Waals surface area contributed by atoms with Crippen molar-refractivity contribution in [2.45, 2.75) is 129 Å². The average Bonchev–Trinajstić information content (AvgIpc) is 2.58. The fraction of sp³-hybridized carbons (Fsp3) is 0.913. The summed E-state index contributed by atoms with van der Waals surface area (Å²) in [4.78, 5) is 24.2. The molecule has 2 amide bonds. The van der Waals surface area contributed by atoms with Gasteiger partial charge in [-0.15, -0.1) is 0 Å². The summed E-state index contributed by atoms with van der Waals surface area (Å²) in [7, 11) is 0. The molecule has 1 fully saturated rings. The predicted molar refractivity (Wildman–Crippen MR) is 120 cm³/mol. The van der Waals surface area contributed by atoms with Crippen LogP contribution in [0, 0.1) is 0 Å². The number of rotatable bonds is 13. The second-order valence-corrected chi connectivity index (χ2v) is 10.1. The highest BCUT2D eigenvalue weighted by atomic mass is 16.2. The first-order chi connectivity index (χ1) is 13.5. The molecule has 0 aromatic carbocycles. The van der Waals surface area contributed by atoms with Crippen LogP contribution in [0.2, 0.25) is 0 Å². The van der Waals surface area contributed by atoms with Gasteiger partial charge < -0.3 is 10.6 Å². The van der Waals surface area contributed by atoms with Crippen molar-refractivity contribution in [2.24, 2.45) is 5.84 Å². The van der Waals surface area contributed by atoms with Crippen molar-refractivity contribution in [3.63, 3.8) is 0 Å². The molecule has 1 heterocycles. The molecule has 1 aliphatic rings. The molecule has 0 saturated carbocycles. The van der Waals surface area contributed by atoms with Crippen LogP contribution in [0.4, 0.5) is 0 Å². The highest BCUT2D eigenvalue weighted by molar-refractivity contribution is 5.76. The molecule has 0 bridgehead atoms. The Bertz CT molecular complexity index is 489. The van der Waals surface area contributed by atoms with Gasteiger partial charge in [0.15, 0.2) is 0 Å². The third-order valence-corrected chi connectivity index (χ3v) is 5.67. The van der Waals surface area contributed by atoms with E-state index in [9.17, 15) is 9.59 Å². The molecular weight excluding hydrogens is 364 g/mol. The number of unbranched alkanes of at least 4 members (excludes halogenated alkanes) is 6. The minimum absolute atomic E-state index is 0.0536. The van der Waals surface area contributed by atoms with Gasteiger partial charge in [0, 0.05) is 36.5 Å². The van der Waals surface area contributed by atoms with Gasteiger partial charge in [0.1, 0.15) is 0 Å². The van der Waals surface area contributed by atoms with Crippen molar-refractivity contribution in [1.82, 2.24) is 15.6 Å². The average molecular weight is 411 g/mol. The number of nitrogens with two attached hydrogens (primary N) is 1. The van der Waals surface area contributed by atoms with Crippen LogP contribution in [0.3, 0.4) is 0 Å². The van der Waals surface area contributed by atoms with Crippen LogP contribution in [0.1, 0.15) is 112 Å². The van der Waals surface area contributed by atoms with Gasteiger partial charge in [0.2, 0.25) is 11.8 Å². The lowest BCUT2D eigenvalue weighted by atomic mass is 9.79. The molecule has 0 aromatic rings. The minimum atomic E-state index is 0.0536. The largest absolute Gasteiger partial charge is 0.353 e. The van der Waals surface area contributed by atoms with Crippen molar-refractivity contribution in [2.75, 3.05) is 6.54 Å². The van der Waals surface area contributed by atoms with Crippen LogP contribution < -0.4 is 16.5 Å². The van der Waals surface area contributed by atoms with Gasteiger partial charge in [0.25, 0.3) is 0 Å². The third kappa shape index (κ3) is 11.6. The Balaban J connectivity index is 2.06. The van der Waals surface area contributed by atoms with Gasteiger partial charge >= 0.3 is 0 Å². The highest BCUT2D eigenvalue weighted by Gasteiger charge is 2.37. The van der Waals surface area contributed by atoms with Gasteiger partial charge in [-0.05, 0) is 59.8 Å². The zero-order chi connectivity index (χ0) is 21.9. The number of hydrazine groups is 1. The number of nitrogens with one attached hydrogen (secondary N) is 2. The number of carbonyl (C=O) groups is 2. The number of amides is 2. The summed E-state index contributed by atoms with van der Waals surface area (Å²) in [6.45, 7) is 11.6. The van der Waals surface area contributed by atoms with Gasteiger partial charge in [-0.25, -0.2) is 5.84 Å². The molecule has 170 valence electrons. The Kier molecular flexibility index (Phi) is 11.2. The van der Waals surface area contributed by atoms with Gasteiger partial charge in [-0.3, -0.25) is 14.6 Å². The van der Waals surface area contributed by atoms with E-state index in [-0.39, 0.29) is 28.9 Å². The van der Waals surface area contributed by atoms with Crippen molar-refractivity contribution in [3.8, 4) is 0 Å². The highest BCUT2D eigenvalue weighted by Crippen LogP contribution is 2.28. The molecule has 6 nitrogen and oxygen atoms in total. The maximum Gasteiger partial charge on any atom is 0.236 e. The van der Waals surface area contributed by atoms with Crippen LogP contribution in [0.5, 0.6) is 0 Å². The lowest BCUT2D eigenvalue weighted by Gasteiger charge is -2.46. The summed E-state index contributed by atoms with van der Waals surface area (Å²) in [5.74, 6) is 5.99. The topological polar surface area (TPSA) is 87.5 Å². The molecular formula is C23H46N4O2. The SMILES string of the molecule is CCCCN(N)C(=O)CCCCCCCCC(=O)NC1CC(C)(C)NC(C)(C)C1. The molecule has 0 radical (unpaired) electrons. The maximum atomic E-state index is 12.3. The fourth-order valence-electron chi connectivity index (χ4n) is 4.59. The normalized spacial score (nSPS) is 18.4. The van der Waals surface area contributed by atoms with Crippen molar-refractivity contribution >= 4 is 11.8 Å². The lowest BCUT2D eigenvalue weighted by molar-refractivity contribution is -0.131. The second kappa shape index (κ2) is 12.5. The molecule has 1 aliphatic heterocycles. The van der Waals surface area contributed by atoms with E-state index in [1.165, 1.54) is 5.01 Å². The Labute approximate surface area is 178 Å². The molecule has 1 saturated heterocycles. The van der Waals surface area contributed by atoms with E-state index < -0.39 is 0 Å². The Morgan fingerprint density at radius 3 is 2.00 bits per heavy atom. The predicted octanol–water partition coefficient (Wildman–Crippen LogP) is 4.04. The zero-order valence-corrected chi connectivity index (χ0v) is 19.6. The molecule has 4 N–H and O–H groups in total. The summed E-state index contributed by atoms with van der Waals surface area (Å²) in [6.07, 6.45) is 11.3. The molecule has 0 aliphatic carbocycles. The summed E-state index contributed by atoms with van der Waals surface area (Å²) < 4.78 is 0. The van der Waals surface area contributed by atoms with Crippen LogP contribution in [-0.2, 0) is 9.59 Å². The Hall–Kier alpha value is -1.14. The van der Waals surface area contributed by atoms with Crippen molar-refractivity contribution < 1.29 is 9.59 Å². The lowest BCUT2D eigenvalue weighted by Crippen LogP contribution is -2.62. The quantitative estimate of drug-likeness (QED) is 0.185. The van der Waals surface area contributed by atoms with Crippen LogP contribution in [-0.4, -0.2) is 40.5 Å². The van der Waals surface area contributed by atoms with E-state index >= 15 is 0 Å². The number of nitrogens with zero attached hydrogens (tertiary/aromatic N) is 1. The molecule has 0 atom stereocenters. The number of carbonyl (C=O) groups excluding carboxylic acids is 2. The standard InChI is InChI=1S/C23H46N4O2/c1-6-7-16-27(24)21(29)15-13-11-9-8-10-12-14-20(28)25-19-17-22(2,3)26-23(4,5)18-19/h19,26H,6-18,24H2,1-5H3,(H,25,28). The van der Waals surface area contributed by atoms with Crippen LogP contribution in [0.25, 0.3) is 0 Å². The third-order valence-electron chi connectivity index (χ3n) is 5.67. The maximum absolute atomic E-state index is 12.3. The van der Waals surface area contributed by atoms with E-state index in [1.54, 1.807) is 0 Å². The summed E-state index contributed by atoms with van der Waals surface area (Å²) in [6, 6.07) is 0.255. The van der Waals surface area contributed by atoms with Crippen molar-refractivity contribution in [3.05, 3.63) is 0 Å². The molecule has 1 rings (SSSR count). The minimum Gasteiger partial charge on any atom is -0.353 e. The Morgan fingerprint density at radius 1 is 0.931 bits per heavy atom. The van der Waals surface area contributed by atoms with Gasteiger partial charge in [0.05, 0.1) is 0 Å². The van der Waals surface area contributed by atoms with E-state index in [0.717, 1.165) is 64.2 Å². The Morgan fingerprint density at radius 2 is 1.45 bits per heavy atom. The molecule has 0 unspecified atom stereocenters. The van der Waals surface area contributed by atoms with Gasteiger partial charge in [-0.2, -0.15) is 0 Å². The molecule has 0 aromatic heterocycles. The van der Waals surface area contributed by atoms with E-state index in [2.05, 4.69) is 45.3 Å². The monoisotopic (exact) mass is 410 g/mol. The van der Waals surface area contributed by atoms with E-state index in [1.807, 2.05) is 0 Å². The number of hydrogen-bond acceptors (Lipinski definition) is 4. The smallest absolute Gasteiger partial charge is 0.236 e. The molecule has 6 heteroatoms. The number of piperidine rings is 1. The van der Waals surface area contributed by atoms with Crippen LogP contribution >= 0.6 is 0 Å². The number of hydrogen-bond donors (Lipinski definition) is 3. The first-order valence-electron chi connectivity index (χ1n) is 11.7. The second-order valence-electron chi connectivity index (χ2n) is 10.1. The van der Waals surface area contributed by atoms with Crippen LogP contribution in [0.15, 0.2) is 0 Å². The van der Waals surface area contributed by atoms with Crippen molar-refractivity contribution in [1.29, 1.82) is 0 Å². The fourth-order valence-corrected chi connectivity index (χ4v) is 4.59. The van der Waals surface area contributed by atoms with E-state index in [0.29, 0.717) is 19.4 Å². The summed E-state index contributed by atoms with van der Waals surface area (Å²) in [5, 5.41) is 8.27. The summed E-state index contributed by atoms with van der Waals surface area (Å²) >= 11 is 0. The van der Waals surface area contributed by atoms with Gasteiger partial charge in [-0.1, -0.05) is 39.0 Å². The molecule has 0 spiro atoms.